The van der Waals surface area contributed by atoms with E-state index in [-0.39, 0.29) is 0 Å². The lowest BCUT2D eigenvalue weighted by Crippen LogP contribution is -2.00. The van der Waals surface area contributed by atoms with Crippen LogP contribution in [0.3, 0.4) is 0 Å². The van der Waals surface area contributed by atoms with Crippen LogP contribution >= 0.6 is 11.8 Å². The molecule has 0 amide bonds. The molecule has 2 aromatic rings. The van der Waals surface area contributed by atoms with Crippen molar-refractivity contribution in [3.05, 3.63) is 64.7 Å². The zero-order valence-corrected chi connectivity index (χ0v) is 12.9. The normalized spacial score (nSPS) is 10.6. The van der Waals surface area contributed by atoms with E-state index in [1.165, 1.54) is 16.7 Å². The molecule has 0 saturated carbocycles. The summed E-state index contributed by atoms with van der Waals surface area (Å²) in [5, 5.41) is 0. The minimum Gasteiger partial charge on any atom is -0.496 e. The molecule has 106 valence electrons. The molecule has 0 aliphatic heterocycles. The zero-order valence-electron chi connectivity index (χ0n) is 12.1. The van der Waals surface area contributed by atoms with E-state index >= 15 is 0 Å². The van der Waals surface area contributed by atoms with E-state index < -0.39 is 0 Å². The number of rotatable bonds is 6. The van der Waals surface area contributed by atoms with Crippen molar-refractivity contribution in [1.82, 2.24) is 0 Å². The van der Waals surface area contributed by atoms with Crippen LogP contribution in [-0.2, 0) is 18.1 Å². The van der Waals surface area contributed by atoms with Crippen molar-refractivity contribution in [3.63, 3.8) is 0 Å². The van der Waals surface area contributed by atoms with Crippen LogP contribution in [0.4, 0.5) is 0 Å². The van der Waals surface area contributed by atoms with Gasteiger partial charge < -0.3 is 10.5 Å². The third-order valence-corrected chi connectivity index (χ3v) is 4.40. The van der Waals surface area contributed by atoms with Gasteiger partial charge in [0.25, 0.3) is 0 Å². The van der Waals surface area contributed by atoms with Gasteiger partial charge in [0, 0.05) is 23.6 Å². The summed E-state index contributed by atoms with van der Waals surface area (Å²) in [6.45, 7) is 2.68. The van der Waals surface area contributed by atoms with Gasteiger partial charge in [-0.25, -0.2) is 0 Å². The molecule has 0 aliphatic carbocycles. The van der Waals surface area contributed by atoms with Gasteiger partial charge in [0.1, 0.15) is 5.75 Å². The van der Waals surface area contributed by atoms with Crippen molar-refractivity contribution in [1.29, 1.82) is 0 Å². The molecule has 0 aromatic heterocycles. The standard InChI is InChI=1S/C17H21NOS/c1-13-5-3-4-6-15(13)12-20-11-14-7-8-17(19-2)16(9-14)10-18/h3-9H,10-12,18H2,1-2H3. The first-order valence-electron chi connectivity index (χ1n) is 6.72. The maximum atomic E-state index is 5.75. The maximum absolute atomic E-state index is 5.75. The number of thioether (sulfide) groups is 1. The Bertz CT molecular complexity index is 569. The number of benzene rings is 2. The fourth-order valence-electron chi connectivity index (χ4n) is 2.13. The van der Waals surface area contributed by atoms with Crippen molar-refractivity contribution in [2.24, 2.45) is 5.73 Å². The molecular formula is C17H21NOS. The fraction of sp³-hybridized carbons (Fsp3) is 0.294. The SMILES string of the molecule is COc1ccc(CSCc2ccccc2C)cc1CN. The van der Waals surface area contributed by atoms with E-state index in [1.807, 2.05) is 17.8 Å². The molecule has 2 nitrogen and oxygen atoms in total. The summed E-state index contributed by atoms with van der Waals surface area (Å²) >= 11 is 1.92. The fourth-order valence-corrected chi connectivity index (χ4v) is 3.19. The maximum Gasteiger partial charge on any atom is 0.123 e. The van der Waals surface area contributed by atoms with Gasteiger partial charge in [0.2, 0.25) is 0 Å². The molecule has 0 radical (unpaired) electrons. The number of ether oxygens (including phenoxy) is 1. The van der Waals surface area contributed by atoms with Crippen molar-refractivity contribution in [2.45, 2.75) is 25.0 Å². The van der Waals surface area contributed by atoms with E-state index in [4.69, 9.17) is 10.5 Å². The predicted octanol–water partition coefficient (Wildman–Crippen LogP) is 3.90. The Hall–Kier alpha value is -1.45. The van der Waals surface area contributed by atoms with E-state index in [0.717, 1.165) is 22.8 Å². The first-order chi connectivity index (χ1) is 9.74. The second-order valence-corrected chi connectivity index (χ2v) is 5.76. The van der Waals surface area contributed by atoms with Gasteiger partial charge in [-0.3, -0.25) is 0 Å². The molecule has 0 aliphatic rings. The molecule has 3 heteroatoms. The highest BCUT2D eigenvalue weighted by Crippen LogP contribution is 2.24. The molecular weight excluding hydrogens is 266 g/mol. The molecule has 2 rings (SSSR count). The highest BCUT2D eigenvalue weighted by molar-refractivity contribution is 7.97. The molecule has 0 saturated heterocycles. The smallest absolute Gasteiger partial charge is 0.123 e. The van der Waals surface area contributed by atoms with Crippen LogP contribution in [-0.4, -0.2) is 7.11 Å². The first-order valence-corrected chi connectivity index (χ1v) is 7.88. The lowest BCUT2D eigenvalue weighted by molar-refractivity contribution is 0.409. The molecule has 0 spiro atoms. The minimum absolute atomic E-state index is 0.513. The van der Waals surface area contributed by atoms with Crippen molar-refractivity contribution in [3.8, 4) is 5.75 Å². The van der Waals surface area contributed by atoms with Gasteiger partial charge in [-0.05, 0) is 35.7 Å². The third-order valence-electron chi connectivity index (χ3n) is 3.35. The summed E-state index contributed by atoms with van der Waals surface area (Å²) < 4.78 is 5.29. The van der Waals surface area contributed by atoms with Crippen LogP contribution in [0.15, 0.2) is 42.5 Å². The highest BCUT2D eigenvalue weighted by atomic mass is 32.2. The number of methoxy groups -OCH3 is 1. The van der Waals surface area contributed by atoms with Crippen LogP contribution < -0.4 is 10.5 Å². The minimum atomic E-state index is 0.513. The zero-order chi connectivity index (χ0) is 14.4. The molecule has 2 N–H and O–H groups in total. The summed E-state index contributed by atoms with van der Waals surface area (Å²) in [4.78, 5) is 0. The van der Waals surface area contributed by atoms with Crippen LogP contribution in [0, 0.1) is 6.92 Å². The molecule has 2 aromatic carbocycles. The summed E-state index contributed by atoms with van der Waals surface area (Å²) in [7, 11) is 1.68. The quantitative estimate of drug-likeness (QED) is 0.875. The molecule has 0 heterocycles. The van der Waals surface area contributed by atoms with Crippen LogP contribution in [0.5, 0.6) is 5.75 Å². The van der Waals surface area contributed by atoms with Gasteiger partial charge >= 0.3 is 0 Å². The Morgan fingerprint density at radius 3 is 2.55 bits per heavy atom. The van der Waals surface area contributed by atoms with Gasteiger partial charge in [0.05, 0.1) is 7.11 Å². The van der Waals surface area contributed by atoms with Crippen molar-refractivity contribution < 1.29 is 4.74 Å². The number of aryl methyl sites for hydroxylation is 1. The summed E-state index contributed by atoms with van der Waals surface area (Å²) in [6, 6.07) is 14.8. The summed E-state index contributed by atoms with van der Waals surface area (Å²) in [5.74, 6) is 2.90. The predicted molar refractivity (Wildman–Crippen MR) is 87.1 cm³/mol. The van der Waals surface area contributed by atoms with E-state index in [2.05, 4.69) is 43.3 Å². The van der Waals surface area contributed by atoms with Crippen LogP contribution in [0.1, 0.15) is 22.3 Å². The third kappa shape index (κ3) is 3.78. The molecule has 0 bridgehead atoms. The Morgan fingerprint density at radius 2 is 1.85 bits per heavy atom. The van der Waals surface area contributed by atoms with Gasteiger partial charge in [-0.1, -0.05) is 30.3 Å². The second kappa shape index (κ2) is 7.36. The summed E-state index contributed by atoms with van der Waals surface area (Å²) in [6.07, 6.45) is 0. The molecule has 0 fully saturated rings. The highest BCUT2D eigenvalue weighted by Gasteiger charge is 2.04. The van der Waals surface area contributed by atoms with E-state index in [9.17, 15) is 0 Å². The Balaban J connectivity index is 1.96. The van der Waals surface area contributed by atoms with Crippen molar-refractivity contribution >= 4 is 11.8 Å². The first kappa shape index (κ1) is 14.9. The Kier molecular flexibility index (Phi) is 5.50. The van der Waals surface area contributed by atoms with Gasteiger partial charge in [-0.15, -0.1) is 0 Å². The van der Waals surface area contributed by atoms with E-state index in [0.29, 0.717) is 6.54 Å². The number of nitrogens with two attached hydrogens (primary N) is 1. The largest absolute Gasteiger partial charge is 0.496 e. The number of hydrogen-bond acceptors (Lipinski definition) is 3. The van der Waals surface area contributed by atoms with Gasteiger partial charge in [-0.2, -0.15) is 11.8 Å². The lowest BCUT2D eigenvalue weighted by Gasteiger charge is -2.10. The topological polar surface area (TPSA) is 35.2 Å². The lowest BCUT2D eigenvalue weighted by atomic mass is 10.1. The molecule has 0 unspecified atom stereocenters. The monoisotopic (exact) mass is 287 g/mol. The Labute approximate surface area is 125 Å². The Morgan fingerprint density at radius 1 is 1.05 bits per heavy atom. The van der Waals surface area contributed by atoms with Gasteiger partial charge in [0.15, 0.2) is 0 Å². The average Bonchev–Trinajstić information content (AvgIpc) is 2.49. The summed E-state index contributed by atoms with van der Waals surface area (Å²) in [5.41, 5.74) is 10.9. The van der Waals surface area contributed by atoms with E-state index in [1.54, 1.807) is 7.11 Å². The second-order valence-electron chi connectivity index (χ2n) is 4.77. The van der Waals surface area contributed by atoms with Crippen molar-refractivity contribution in [2.75, 3.05) is 7.11 Å². The van der Waals surface area contributed by atoms with Crippen LogP contribution in [0.25, 0.3) is 0 Å². The average molecular weight is 287 g/mol. The molecule has 20 heavy (non-hydrogen) atoms. The van der Waals surface area contributed by atoms with Crippen LogP contribution in [0.2, 0.25) is 0 Å². The number of hydrogen-bond donors (Lipinski definition) is 1. The molecule has 0 atom stereocenters.